The van der Waals surface area contributed by atoms with E-state index in [-0.39, 0.29) is 0 Å². The molecule has 0 saturated heterocycles. The zero-order valence-corrected chi connectivity index (χ0v) is 18.6. The van der Waals surface area contributed by atoms with Crippen molar-refractivity contribution in [1.29, 1.82) is 0 Å². The summed E-state index contributed by atoms with van der Waals surface area (Å²) < 4.78 is 2.52. The van der Waals surface area contributed by atoms with Gasteiger partial charge in [0.2, 0.25) is 0 Å². The van der Waals surface area contributed by atoms with Crippen LogP contribution in [-0.4, -0.2) is 4.57 Å². The van der Waals surface area contributed by atoms with E-state index in [1.54, 1.807) is 0 Å². The zero-order chi connectivity index (χ0) is 21.9. The molecule has 156 valence electrons. The van der Waals surface area contributed by atoms with Gasteiger partial charge in [-0.1, -0.05) is 121 Å². The van der Waals surface area contributed by atoms with Gasteiger partial charge in [0.1, 0.15) is 0 Å². The Kier molecular flexibility index (Phi) is 5.47. The molecule has 0 radical (unpaired) electrons. The average molecular weight is 414 g/mol. The van der Waals surface area contributed by atoms with Gasteiger partial charge in [0.25, 0.3) is 0 Å². The van der Waals surface area contributed by atoms with E-state index < -0.39 is 0 Å². The standard InChI is InChI=1S/C31H27N/c1-23(2)32-30(26-19-11-5-12-20-26)28(24-15-7-3-8-16-24)29(25-17-9-4-10-18-25)31(32)27-21-13-6-14-22-27/h3-23H,1-2H3. The minimum atomic E-state index is 0.292. The van der Waals surface area contributed by atoms with Crippen molar-refractivity contribution in [3.05, 3.63) is 121 Å². The fourth-order valence-electron chi connectivity index (χ4n) is 4.64. The summed E-state index contributed by atoms with van der Waals surface area (Å²) in [6, 6.07) is 43.5. The largest absolute Gasteiger partial charge is 0.337 e. The van der Waals surface area contributed by atoms with E-state index in [0.717, 1.165) is 0 Å². The topological polar surface area (TPSA) is 4.93 Å². The van der Waals surface area contributed by atoms with Crippen LogP contribution in [0.25, 0.3) is 44.8 Å². The van der Waals surface area contributed by atoms with Gasteiger partial charge in [0, 0.05) is 17.2 Å². The second-order valence-corrected chi connectivity index (χ2v) is 8.38. The number of aromatic nitrogens is 1. The summed E-state index contributed by atoms with van der Waals surface area (Å²) >= 11 is 0. The smallest absolute Gasteiger partial charge is 0.0573 e. The Morgan fingerprint density at radius 1 is 0.406 bits per heavy atom. The van der Waals surface area contributed by atoms with Crippen LogP contribution in [0.5, 0.6) is 0 Å². The van der Waals surface area contributed by atoms with Gasteiger partial charge in [-0.05, 0) is 36.1 Å². The van der Waals surface area contributed by atoms with Gasteiger partial charge in [-0.3, -0.25) is 0 Å². The highest BCUT2D eigenvalue weighted by Gasteiger charge is 2.27. The molecule has 5 aromatic rings. The van der Waals surface area contributed by atoms with Crippen LogP contribution in [0.3, 0.4) is 0 Å². The van der Waals surface area contributed by atoms with E-state index in [1.165, 1.54) is 44.8 Å². The number of benzene rings is 4. The molecule has 0 aliphatic carbocycles. The van der Waals surface area contributed by atoms with Crippen LogP contribution in [-0.2, 0) is 0 Å². The third-order valence-electron chi connectivity index (χ3n) is 5.94. The van der Waals surface area contributed by atoms with E-state index in [2.05, 4.69) is 140 Å². The first-order chi connectivity index (χ1) is 15.8. The van der Waals surface area contributed by atoms with Crippen molar-refractivity contribution in [1.82, 2.24) is 4.57 Å². The summed E-state index contributed by atoms with van der Waals surface area (Å²) in [5.41, 5.74) is 10.1. The number of hydrogen-bond donors (Lipinski definition) is 0. The van der Waals surface area contributed by atoms with Gasteiger partial charge >= 0.3 is 0 Å². The minimum absolute atomic E-state index is 0.292. The monoisotopic (exact) mass is 413 g/mol. The lowest BCUT2D eigenvalue weighted by Crippen LogP contribution is -2.05. The molecular formula is C31H27N. The van der Waals surface area contributed by atoms with E-state index >= 15 is 0 Å². The Morgan fingerprint density at radius 2 is 0.688 bits per heavy atom. The predicted octanol–water partition coefficient (Wildman–Crippen LogP) is 8.74. The summed E-state index contributed by atoms with van der Waals surface area (Å²) in [6.07, 6.45) is 0. The van der Waals surface area contributed by atoms with Crippen molar-refractivity contribution in [2.45, 2.75) is 19.9 Å². The molecule has 0 spiro atoms. The Hall–Kier alpha value is -3.84. The Morgan fingerprint density at radius 3 is 0.969 bits per heavy atom. The van der Waals surface area contributed by atoms with E-state index in [4.69, 9.17) is 0 Å². The van der Waals surface area contributed by atoms with Gasteiger partial charge in [-0.2, -0.15) is 0 Å². The Bertz CT molecular complexity index is 1200. The van der Waals surface area contributed by atoms with Crippen molar-refractivity contribution in [3.8, 4) is 44.8 Å². The molecule has 0 bridgehead atoms. The molecule has 1 nitrogen and oxygen atoms in total. The molecule has 1 aromatic heterocycles. The second-order valence-electron chi connectivity index (χ2n) is 8.38. The molecule has 1 heteroatoms. The molecule has 0 N–H and O–H groups in total. The third kappa shape index (κ3) is 3.56. The van der Waals surface area contributed by atoms with Gasteiger partial charge < -0.3 is 4.57 Å². The Balaban J connectivity index is 2.00. The summed E-state index contributed by atoms with van der Waals surface area (Å²) in [7, 11) is 0. The summed E-state index contributed by atoms with van der Waals surface area (Å²) in [5, 5.41) is 0. The lowest BCUT2D eigenvalue weighted by Gasteiger charge is -2.19. The first-order valence-corrected chi connectivity index (χ1v) is 11.3. The Labute approximate surface area is 190 Å². The number of rotatable bonds is 5. The highest BCUT2D eigenvalue weighted by Crippen LogP contribution is 2.49. The molecule has 0 aliphatic rings. The molecule has 1 heterocycles. The van der Waals surface area contributed by atoms with Crippen molar-refractivity contribution >= 4 is 0 Å². The van der Waals surface area contributed by atoms with Crippen molar-refractivity contribution in [2.24, 2.45) is 0 Å². The van der Waals surface area contributed by atoms with Crippen molar-refractivity contribution < 1.29 is 0 Å². The van der Waals surface area contributed by atoms with E-state index in [9.17, 15) is 0 Å². The first-order valence-electron chi connectivity index (χ1n) is 11.3. The molecular weight excluding hydrogens is 386 g/mol. The molecule has 0 amide bonds. The molecule has 4 aromatic carbocycles. The van der Waals surface area contributed by atoms with Crippen LogP contribution >= 0.6 is 0 Å². The molecule has 0 fully saturated rings. The maximum Gasteiger partial charge on any atom is 0.0573 e. The van der Waals surface area contributed by atoms with Gasteiger partial charge in [-0.25, -0.2) is 0 Å². The highest BCUT2D eigenvalue weighted by molar-refractivity contribution is 6.02. The third-order valence-corrected chi connectivity index (χ3v) is 5.94. The van der Waals surface area contributed by atoms with Crippen LogP contribution in [0.1, 0.15) is 19.9 Å². The van der Waals surface area contributed by atoms with Gasteiger partial charge in [0.15, 0.2) is 0 Å². The maximum absolute atomic E-state index is 2.52. The van der Waals surface area contributed by atoms with Crippen LogP contribution in [0.4, 0.5) is 0 Å². The normalized spacial score (nSPS) is 11.1. The molecule has 32 heavy (non-hydrogen) atoms. The lowest BCUT2D eigenvalue weighted by molar-refractivity contribution is 0.616. The zero-order valence-electron chi connectivity index (χ0n) is 18.6. The molecule has 0 aliphatic heterocycles. The van der Waals surface area contributed by atoms with Gasteiger partial charge in [-0.15, -0.1) is 0 Å². The predicted molar refractivity (Wildman–Crippen MR) is 137 cm³/mol. The van der Waals surface area contributed by atoms with E-state index in [1.807, 2.05) is 0 Å². The van der Waals surface area contributed by atoms with Crippen molar-refractivity contribution in [3.63, 3.8) is 0 Å². The van der Waals surface area contributed by atoms with Crippen LogP contribution in [0, 0.1) is 0 Å². The maximum atomic E-state index is 2.52. The number of nitrogens with zero attached hydrogens (tertiary/aromatic N) is 1. The summed E-state index contributed by atoms with van der Waals surface area (Å²) in [6.45, 7) is 4.56. The first kappa shape index (κ1) is 20.1. The summed E-state index contributed by atoms with van der Waals surface area (Å²) in [5.74, 6) is 0. The molecule has 5 rings (SSSR count). The second kappa shape index (κ2) is 8.72. The quantitative estimate of drug-likeness (QED) is 0.271. The minimum Gasteiger partial charge on any atom is -0.337 e. The van der Waals surface area contributed by atoms with Gasteiger partial charge in [0.05, 0.1) is 11.4 Å². The number of hydrogen-bond acceptors (Lipinski definition) is 0. The SMILES string of the molecule is CC(C)n1c(-c2ccccc2)c(-c2ccccc2)c(-c2ccccc2)c1-c1ccccc1. The molecule has 0 atom stereocenters. The highest BCUT2D eigenvalue weighted by atomic mass is 15.0. The molecule has 0 saturated carbocycles. The lowest BCUT2D eigenvalue weighted by atomic mass is 9.91. The van der Waals surface area contributed by atoms with E-state index in [0.29, 0.717) is 6.04 Å². The van der Waals surface area contributed by atoms with Crippen LogP contribution in [0.2, 0.25) is 0 Å². The van der Waals surface area contributed by atoms with Crippen LogP contribution in [0.15, 0.2) is 121 Å². The fourth-order valence-corrected chi connectivity index (χ4v) is 4.64. The van der Waals surface area contributed by atoms with Crippen LogP contribution < -0.4 is 0 Å². The summed E-state index contributed by atoms with van der Waals surface area (Å²) in [4.78, 5) is 0. The fraction of sp³-hybridized carbons (Fsp3) is 0.0968. The van der Waals surface area contributed by atoms with Crippen molar-refractivity contribution in [2.75, 3.05) is 0 Å². The average Bonchev–Trinajstić information content (AvgIpc) is 3.23. The molecule has 0 unspecified atom stereocenters.